The Kier molecular flexibility index (Phi) is 6.15. The second kappa shape index (κ2) is 9.26. The largest absolute Gasteiger partial charge is 0.485 e. The first-order chi connectivity index (χ1) is 16.9. The molecule has 1 unspecified atom stereocenters. The van der Waals surface area contributed by atoms with Gasteiger partial charge in [-0.1, -0.05) is 62.0 Å². The van der Waals surface area contributed by atoms with Crippen molar-refractivity contribution in [1.29, 1.82) is 0 Å². The monoisotopic (exact) mass is 488 g/mol. The lowest BCUT2D eigenvalue weighted by Crippen LogP contribution is -2.25. The first-order valence-electron chi connectivity index (χ1n) is 11.5. The molecule has 0 radical (unpaired) electrons. The smallest absolute Gasteiger partial charge is 0.192 e. The molecule has 3 aromatic rings. The number of rotatable bonds is 7. The van der Waals surface area contributed by atoms with E-state index in [2.05, 4.69) is 47.7 Å². The zero-order valence-corrected chi connectivity index (χ0v) is 20.9. The van der Waals surface area contributed by atoms with Crippen molar-refractivity contribution in [3.05, 3.63) is 84.3 Å². The van der Waals surface area contributed by atoms with Gasteiger partial charge in [0.1, 0.15) is 6.61 Å². The molecule has 2 aliphatic rings. The molecule has 0 aliphatic carbocycles. The normalized spacial score (nSPS) is 19.0. The lowest BCUT2D eigenvalue weighted by molar-refractivity contribution is -0.112. The molecular weight excluding hydrogens is 460 g/mol. The van der Waals surface area contributed by atoms with E-state index in [-0.39, 0.29) is 17.0 Å². The molecule has 35 heavy (non-hydrogen) atoms. The Bertz CT molecular complexity index is 1310. The van der Waals surface area contributed by atoms with Gasteiger partial charge in [0.2, 0.25) is 0 Å². The maximum atomic E-state index is 13.0. The SMILES string of the molecule is C=CCn1c(SCC(=O)/C=C2\N(C)c3ccccc3C2(C)C)nnc1C1COc2ccccc2O1. The number of hydrogen-bond acceptors (Lipinski definition) is 7. The summed E-state index contributed by atoms with van der Waals surface area (Å²) in [5.74, 6) is 2.33. The summed E-state index contributed by atoms with van der Waals surface area (Å²) < 4.78 is 13.9. The summed E-state index contributed by atoms with van der Waals surface area (Å²) in [5.41, 5.74) is 3.11. The number of aromatic nitrogens is 3. The Labute approximate surface area is 209 Å². The molecule has 7 nitrogen and oxygen atoms in total. The zero-order chi connectivity index (χ0) is 24.6. The van der Waals surface area contributed by atoms with Crippen LogP contribution in [0.1, 0.15) is 31.3 Å². The molecule has 180 valence electrons. The molecule has 0 fully saturated rings. The zero-order valence-electron chi connectivity index (χ0n) is 20.1. The van der Waals surface area contributed by atoms with E-state index >= 15 is 0 Å². The van der Waals surface area contributed by atoms with E-state index in [0.29, 0.717) is 35.6 Å². The van der Waals surface area contributed by atoms with Gasteiger partial charge in [-0.25, -0.2) is 0 Å². The van der Waals surface area contributed by atoms with Crippen molar-refractivity contribution in [1.82, 2.24) is 14.8 Å². The summed E-state index contributed by atoms with van der Waals surface area (Å²) in [6.45, 7) is 9.01. The number of benzene rings is 2. The van der Waals surface area contributed by atoms with E-state index < -0.39 is 6.10 Å². The lowest BCUT2D eigenvalue weighted by atomic mass is 9.83. The van der Waals surface area contributed by atoms with Crippen LogP contribution in [0.3, 0.4) is 0 Å². The molecule has 0 spiro atoms. The van der Waals surface area contributed by atoms with Gasteiger partial charge < -0.3 is 14.4 Å². The second-order valence-electron chi connectivity index (χ2n) is 9.09. The standard InChI is InChI=1S/C27H28N4O3S/c1-5-14-31-25(23-16-33-21-12-8-9-13-22(21)34-23)28-29-26(31)35-17-18(32)15-24-27(2,3)19-10-6-7-11-20(19)30(24)4/h5-13,15,23H,1,14,16-17H2,2-4H3/b24-15-. The summed E-state index contributed by atoms with van der Waals surface area (Å²) in [7, 11) is 2.01. The fourth-order valence-corrected chi connectivity index (χ4v) is 5.46. The predicted octanol–water partition coefficient (Wildman–Crippen LogP) is 4.95. The van der Waals surface area contributed by atoms with E-state index in [1.165, 1.54) is 17.3 Å². The summed E-state index contributed by atoms with van der Waals surface area (Å²) >= 11 is 1.37. The average molecular weight is 489 g/mol. The Morgan fingerprint density at radius 3 is 2.69 bits per heavy atom. The Hall–Kier alpha value is -3.52. The molecule has 8 heteroatoms. The van der Waals surface area contributed by atoms with Crippen LogP contribution in [-0.2, 0) is 16.8 Å². The van der Waals surface area contributed by atoms with Crippen molar-refractivity contribution < 1.29 is 14.3 Å². The minimum Gasteiger partial charge on any atom is -0.485 e. The van der Waals surface area contributed by atoms with Gasteiger partial charge >= 0.3 is 0 Å². The molecule has 1 atom stereocenters. The van der Waals surface area contributed by atoms with Crippen LogP contribution in [0.5, 0.6) is 11.5 Å². The quantitative estimate of drug-likeness (QED) is 0.265. The van der Waals surface area contributed by atoms with E-state index in [1.807, 2.05) is 48.0 Å². The van der Waals surface area contributed by atoms with Crippen molar-refractivity contribution in [2.24, 2.45) is 0 Å². The minimum atomic E-state index is -0.393. The number of carbonyl (C=O) groups is 1. The van der Waals surface area contributed by atoms with Crippen LogP contribution in [0.2, 0.25) is 0 Å². The van der Waals surface area contributed by atoms with E-state index in [0.717, 1.165) is 11.4 Å². The fourth-order valence-electron chi connectivity index (χ4n) is 4.68. The molecule has 5 rings (SSSR count). The summed E-state index contributed by atoms with van der Waals surface area (Å²) in [6.07, 6.45) is 3.15. The van der Waals surface area contributed by atoms with Gasteiger partial charge in [-0.3, -0.25) is 9.36 Å². The molecule has 1 aromatic heterocycles. The van der Waals surface area contributed by atoms with Crippen LogP contribution in [-0.4, -0.2) is 40.0 Å². The maximum Gasteiger partial charge on any atom is 0.192 e. The Morgan fingerprint density at radius 2 is 1.91 bits per heavy atom. The Morgan fingerprint density at radius 1 is 1.17 bits per heavy atom. The highest BCUT2D eigenvalue weighted by Gasteiger charge is 2.38. The highest BCUT2D eigenvalue weighted by molar-refractivity contribution is 7.99. The van der Waals surface area contributed by atoms with Crippen LogP contribution in [0, 0.1) is 0 Å². The van der Waals surface area contributed by atoms with Crippen LogP contribution < -0.4 is 14.4 Å². The number of carbonyl (C=O) groups excluding carboxylic acids is 1. The van der Waals surface area contributed by atoms with Crippen molar-refractivity contribution in [2.45, 2.75) is 37.1 Å². The van der Waals surface area contributed by atoms with Gasteiger partial charge in [0.25, 0.3) is 0 Å². The number of fused-ring (bicyclic) bond motifs is 2. The van der Waals surface area contributed by atoms with Crippen molar-refractivity contribution >= 4 is 23.2 Å². The number of ether oxygens (including phenoxy) is 2. The third kappa shape index (κ3) is 4.23. The minimum absolute atomic E-state index is 0.0265. The molecule has 3 heterocycles. The number of para-hydroxylation sites is 3. The first-order valence-corrected chi connectivity index (χ1v) is 12.5. The Balaban J connectivity index is 1.32. The molecular formula is C27H28N4O3S. The van der Waals surface area contributed by atoms with Gasteiger partial charge in [0.15, 0.2) is 34.4 Å². The third-order valence-corrected chi connectivity index (χ3v) is 7.42. The number of thioether (sulfide) groups is 1. The molecule has 2 aliphatic heterocycles. The highest BCUT2D eigenvalue weighted by atomic mass is 32.2. The van der Waals surface area contributed by atoms with E-state index in [1.54, 1.807) is 12.2 Å². The summed E-state index contributed by atoms with van der Waals surface area (Å²) in [6, 6.07) is 15.8. The number of allylic oxidation sites excluding steroid dienone is 3. The van der Waals surface area contributed by atoms with Crippen molar-refractivity contribution in [2.75, 3.05) is 24.3 Å². The van der Waals surface area contributed by atoms with Gasteiger partial charge in [-0.2, -0.15) is 0 Å². The van der Waals surface area contributed by atoms with Crippen LogP contribution >= 0.6 is 11.8 Å². The number of likely N-dealkylation sites (N-methyl/N-ethyl adjacent to an activating group) is 1. The van der Waals surface area contributed by atoms with Crippen molar-refractivity contribution in [3.63, 3.8) is 0 Å². The molecule has 2 aromatic carbocycles. The first kappa shape index (κ1) is 23.2. The lowest BCUT2D eigenvalue weighted by Gasteiger charge is -2.26. The molecule has 0 saturated heterocycles. The summed E-state index contributed by atoms with van der Waals surface area (Å²) in [4.78, 5) is 15.1. The van der Waals surface area contributed by atoms with Crippen LogP contribution in [0.15, 0.2) is 78.1 Å². The summed E-state index contributed by atoms with van der Waals surface area (Å²) in [5, 5.41) is 9.38. The average Bonchev–Trinajstić information content (AvgIpc) is 3.35. The predicted molar refractivity (Wildman–Crippen MR) is 137 cm³/mol. The maximum absolute atomic E-state index is 13.0. The second-order valence-corrected chi connectivity index (χ2v) is 10.0. The topological polar surface area (TPSA) is 69.5 Å². The van der Waals surface area contributed by atoms with Crippen molar-refractivity contribution in [3.8, 4) is 11.5 Å². The molecule has 0 amide bonds. The van der Waals surface area contributed by atoms with Gasteiger partial charge in [0, 0.05) is 36.5 Å². The number of nitrogens with zero attached hydrogens (tertiary/aromatic N) is 4. The molecule has 0 bridgehead atoms. The molecule has 0 N–H and O–H groups in total. The van der Waals surface area contributed by atoms with E-state index in [4.69, 9.17) is 9.47 Å². The number of anilines is 1. The van der Waals surface area contributed by atoms with Gasteiger partial charge in [-0.15, -0.1) is 16.8 Å². The van der Waals surface area contributed by atoms with Gasteiger partial charge in [-0.05, 0) is 23.8 Å². The molecule has 0 saturated carbocycles. The third-order valence-electron chi connectivity index (χ3n) is 6.44. The number of hydrogen-bond donors (Lipinski definition) is 0. The van der Waals surface area contributed by atoms with Crippen LogP contribution in [0.25, 0.3) is 0 Å². The van der Waals surface area contributed by atoms with E-state index in [9.17, 15) is 4.79 Å². The number of ketones is 1. The van der Waals surface area contributed by atoms with Gasteiger partial charge in [0.05, 0.1) is 5.75 Å². The highest BCUT2D eigenvalue weighted by Crippen LogP contribution is 2.46. The fraction of sp³-hybridized carbons (Fsp3) is 0.296. The van der Waals surface area contributed by atoms with Crippen LogP contribution in [0.4, 0.5) is 5.69 Å².